The fourth-order valence-electron chi connectivity index (χ4n) is 4.63. The fourth-order valence-corrected chi connectivity index (χ4v) is 4.63. The molecular weight excluding hydrogens is 545 g/mol. The van der Waals surface area contributed by atoms with Crippen LogP contribution < -0.4 is 15.2 Å². The molecule has 2 amide bonds. The number of oxazole rings is 1. The molecule has 1 saturated heterocycles. The normalized spacial score (nSPS) is 14.8. The van der Waals surface area contributed by atoms with Gasteiger partial charge in [0.1, 0.15) is 17.0 Å². The number of carbonyl (C=O) groups is 2. The zero-order valence-electron chi connectivity index (χ0n) is 22.0. The van der Waals surface area contributed by atoms with Crippen molar-refractivity contribution in [2.75, 3.05) is 33.3 Å². The number of piperazine rings is 1. The summed E-state index contributed by atoms with van der Waals surface area (Å²) in [6.07, 6.45) is -3.42. The molecule has 1 aromatic carbocycles. The Labute approximate surface area is 231 Å². The first kappa shape index (κ1) is 27.8. The number of pyridine rings is 2. The van der Waals surface area contributed by atoms with Crippen LogP contribution in [0.15, 0.2) is 53.1 Å². The number of fused-ring (bicyclic) bond motifs is 1. The number of hydrogen-bond acceptors (Lipinski definition) is 8. The molecule has 1 aliphatic heterocycles. The number of methoxy groups -OCH3 is 1. The Hall–Kier alpha value is -4.72. The predicted molar refractivity (Wildman–Crippen MR) is 139 cm³/mol. The number of amides is 2. The van der Waals surface area contributed by atoms with E-state index in [2.05, 4.69) is 9.97 Å². The van der Waals surface area contributed by atoms with E-state index < -0.39 is 29.7 Å². The second-order valence-corrected chi connectivity index (χ2v) is 9.42. The second-order valence-electron chi connectivity index (χ2n) is 9.42. The molecule has 0 radical (unpaired) electrons. The number of rotatable bonds is 5. The molecule has 1 atom stereocenters. The lowest BCUT2D eigenvalue weighted by atomic mass is 10.1. The number of nitrogens with two attached hydrogens (primary N) is 1. The third kappa shape index (κ3) is 5.25. The number of alkyl halides is 3. The number of ether oxygens (including phenoxy) is 1. The summed E-state index contributed by atoms with van der Waals surface area (Å²) in [5.74, 6) is -0.720. The van der Waals surface area contributed by atoms with Crippen LogP contribution in [0.1, 0.15) is 45.4 Å². The average molecular weight is 571 g/mol. The van der Waals surface area contributed by atoms with Gasteiger partial charge < -0.3 is 29.9 Å². The third-order valence-corrected chi connectivity index (χ3v) is 6.73. The Morgan fingerprint density at radius 1 is 1.05 bits per heavy atom. The number of hydrogen-bond donors (Lipinski definition) is 1. The highest BCUT2D eigenvalue weighted by atomic mass is 19.4. The lowest BCUT2D eigenvalue weighted by Gasteiger charge is -2.34. The van der Waals surface area contributed by atoms with Gasteiger partial charge in [-0.25, -0.2) is 9.97 Å². The predicted octanol–water partition coefficient (Wildman–Crippen LogP) is 3.17. The molecule has 0 aliphatic carbocycles. The molecule has 4 heterocycles. The quantitative estimate of drug-likeness (QED) is 0.285. The van der Waals surface area contributed by atoms with Crippen LogP contribution in [0.25, 0.3) is 22.4 Å². The highest BCUT2D eigenvalue weighted by molar-refractivity contribution is 5.98. The minimum atomic E-state index is -4.66. The van der Waals surface area contributed by atoms with Gasteiger partial charge >= 0.3 is 12.1 Å². The van der Waals surface area contributed by atoms with Crippen molar-refractivity contribution >= 4 is 22.7 Å². The monoisotopic (exact) mass is 570 g/mol. The summed E-state index contributed by atoms with van der Waals surface area (Å²) in [5, 5.41) is 12.2. The van der Waals surface area contributed by atoms with Gasteiger partial charge in [-0.3, -0.25) is 9.59 Å². The first-order valence-corrected chi connectivity index (χ1v) is 12.6. The van der Waals surface area contributed by atoms with Crippen molar-refractivity contribution in [2.45, 2.75) is 19.1 Å². The molecule has 11 nitrogen and oxygen atoms in total. The van der Waals surface area contributed by atoms with Gasteiger partial charge in [0.25, 0.3) is 11.6 Å². The molecule has 1 fully saturated rings. The number of nitrogens with zero attached hydrogens (tertiary/aromatic N) is 5. The molecule has 0 bridgehead atoms. The van der Waals surface area contributed by atoms with E-state index >= 15 is 0 Å². The van der Waals surface area contributed by atoms with Crippen molar-refractivity contribution in [1.29, 1.82) is 0 Å². The first-order chi connectivity index (χ1) is 19.5. The van der Waals surface area contributed by atoms with Crippen molar-refractivity contribution in [3.05, 3.63) is 76.7 Å². The maximum absolute atomic E-state index is 13.5. The summed E-state index contributed by atoms with van der Waals surface area (Å²) >= 11 is 0. The molecular formula is C27H25F3N6O5. The van der Waals surface area contributed by atoms with Gasteiger partial charge in [-0.15, -0.1) is 0 Å². The Morgan fingerprint density at radius 3 is 2.34 bits per heavy atom. The minimum Gasteiger partial charge on any atom is -0.618 e. The van der Waals surface area contributed by atoms with E-state index in [0.717, 1.165) is 6.07 Å². The zero-order valence-corrected chi connectivity index (χ0v) is 22.0. The van der Waals surface area contributed by atoms with Crippen molar-refractivity contribution in [3.8, 4) is 17.2 Å². The van der Waals surface area contributed by atoms with Crippen LogP contribution in [0.5, 0.6) is 5.75 Å². The van der Waals surface area contributed by atoms with Gasteiger partial charge in [0.2, 0.25) is 5.89 Å². The highest BCUT2D eigenvalue weighted by Gasteiger charge is 2.34. The van der Waals surface area contributed by atoms with Crippen molar-refractivity contribution in [2.24, 2.45) is 5.73 Å². The maximum atomic E-state index is 13.5. The number of benzene rings is 1. The van der Waals surface area contributed by atoms with Crippen LogP contribution in [-0.2, 0) is 6.18 Å². The molecule has 1 aliphatic rings. The largest absolute Gasteiger partial charge is 0.618 e. The van der Waals surface area contributed by atoms with E-state index in [9.17, 15) is 28.0 Å². The average Bonchev–Trinajstić information content (AvgIpc) is 3.41. The molecule has 14 heteroatoms. The summed E-state index contributed by atoms with van der Waals surface area (Å²) in [7, 11) is 1.32. The lowest BCUT2D eigenvalue weighted by Crippen LogP contribution is -2.52. The number of carbonyl (C=O) groups excluding carboxylic acids is 2. The summed E-state index contributed by atoms with van der Waals surface area (Å²) < 4.78 is 51.6. The summed E-state index contributed by atoms with van der Waals surface area (Å²) in [6, 6.07) is 8.90. The summed E-state index contributed by atoms with van der Waals surface area (Å²) in [5.41, 5.74) is 5.19. The Morgan fingerprint density at radius 2 is 1.73 bits per heavy atom. The molecule has 214 valence electrons. The van der Waals surface area contributed by atoms with Gasteiger partial charge in [-0.1, -0.05) is 0 Å². The standard InChI is InChI=1S/C27H25F3N6O5/c1-15(31)23-22(26(38)35-13-11-34(12-14-35)25(37)18-5-3-4-10-36(18)39)33-24(41-23)17-6-8-19(40-2)21-16(17)7-9-20(32-21)27(28,29)30/h3-10,15H,11-14,31H2,1-2H3/t15-/m0/s1. The SMILES string of the molecule is COc1ccc(-c2nc(C(=O)N3CCN(C(=O)c4cccc[n+]4[O-])CC3)c([C@H](C)N)o2)c2ccc(C(F)(F)F)nc12. The van der Waals surface area contributed by atoms with Gasteiger partial charge in [0, 0.05) is 49.3 Å². The molecule has 3 aromatic heterocycles. The summed E-state index contributed by atoms with van der Waals surface area (Å²) in [6.45, 7) is 2.33. The van der Waals surface area contributed by atoms with Crippen LogP contribution in [-0.4, -0.2) is 64.9 Å². The van der Waals surface area contributed by atoms with Gasteiger partial charge in [-0.05, 0) is 37.3 Å². The van der Waals surface area contributed by atoms with E-state index in [1.165, 1.54) is 47.4 Å². The molecule has 0 unspecified atom stereocenters. The zero-order chi connectivity index (χ0) is 29.5. The van der Waals surface area contributed by atoms with Gasteiger partial charge in [-0.2, -0.15) is 17.9 Å². The third-order valence-electron chi connectivity index (χ3n) is 6.73. The van der Waals surface area contributed by atoms with E-state index in [-0.39, 0.29) is 65.9 Å². The summed E-state index contributed by atoms with van der Waals surface area (Å²) in [4.78, 5) is 37.5. The first-order valence-electron chi connectivity index (χ1n) is 12.6. The van der Waals surface area contributed by atoms with Crippen LogP contribution in [0.3, 0.4) is 0 Å². The molecule has 2 N–H and O–H groups in total. The van der Waals surface area contributed by atoms with Gasteiger partial charge in [0.15, 0.2) is 17.7 Å². The molecule has 0 spiro atoms. The highest BCUT2D eigenvalue weighted by Crippen LogP contribution is 2.37. The molecule has 0 saturated carbocycles. The van der Waals surface area contributed by atoms with Crippen LogP contribution in [0.2, 0.25) is 0 Å². The van der Waals surface area contributed by atoms with Crippen molar-refractivity contribution in [3.63, 3.8) is 0 Å². The minimum absolute atomic E-state index is 0.0174. The van der Waals surface area contributed by atoms with E-state index in [1.54, 1.807) is 19.1 Å². The Kier molecular flexibility index (Phi) is 7.26. The van der Waals surface area contributed by atoms with Gasteiger partial charge in [0.05, 0.1) is 13.2 Å². The maximum Gasteiger partial charge on any atom is 0.433 e. The molecule has 5 rings (SSSR count). The topological polar surface area (TPSA) is 142 Å². The lowest BCUT2D eigenvalue weighted by molar-refractivity contribution is -0.608. The van der Waals surface area contributed by atoms with Crippen molar-refractivity contribution in [1.82, 2.24) is 19.8 Å². The second kappa shape index (κ2) is 10.7. The van der Waals surface area contributed by atoms with Crippen LogP contribution in [0, 0.1) is 5.21 Å². The Balaban J connectivity index is 1.43. The van der Waals surface area contributed by atoms with E-state index in [0.29, 0.717) is 10.3 Å². The Bertz CT molecular complexity index is 1630. The van der Waals surface area contributed by atoms with Crippen LogP contribution in [0.4, 0.5) is 13.2 Å². The smallest absolute Gasteiger partial charge is 0.433 e. The number of halogens is 3. The molecule has 4 aromatic rings. The van der Waals surface area contributed by atoms with Crippen molar-refractivity contribution < 1.29 is 36.6 Å². The molecule has 41 heavy (non-hydrogen) atoms. The fraction of sp³-hybridized carbons (Fsp3) is 0.296. The van der Waals surface area contributed by atoms with Crippen LogP contribution >= 0.6 is 0 Å². The number of aromatic nitrogens is 3. The van der Waals surface area contributed by atoms with E-state index in [1.807, 2.05) is 0 Å². The van der Waals surface area contributed by atoms with E-state index in [4.69, 9.17) is 14.9 Å².